The Morgan fingerprint density at radius 1 is 1.17 bits per heavy atom. The van der Waals surface area contributed by atoms with Crippen LogP contribution >= 0.6 is 37.2 Å². The average molecular weight is 308 g/mol. The number of hydrogen-bond donors (Lipinski definition) is 2. The lowest BCUT2D eigenvalue weighted by Gasteiger charge is -2.02. The number of rotatable bonds is 1. The van der Waals surface area contributed by atoms with E-state index in [2.05, 4.69) is 5.32 Å². The van der Waals surface area contributed by atoms with E-state index in [0.717, 1.165) is 23.2 Å². The molecular formula is C12H13Cl3N2O. The van der Waals surface area contributed by atoms with Gasteiger partial charge in [-0.2, -0.15) is 0 Å². The summed E-state index contributed by atoms with van der Waals surface area (Å²) in [6, 6.07) is 9.74. The monoisotopic (exact) mass is 306 g/mol. The number of carbonyl (C=O) groups is 1. The lowest BCUT2D eigenvalue weighted by Crippen LogP contribution is -2.11. The van der Waals surface area contributed by atoms with E-state index in [1.807, 2.05) is 30.3 Å². The zero-order valence-corrected chi connectivity index (χ0v) is 11.8. The highest BCUT2D eigenvalue weighted by atomic mass is 35.5. The second kappa shape index (κ2) is 6.14. The normalized spacial score (nSPS) is 10.7. The van der Waals surface area contributed by atoms with Gasteiger partial charge in [-0.25, -0.2) is 0 Å². The van der Waals surface area contributed by atoms with Gasteiger partial charge in [0.15, 0.2) is 0 Å². The standard InChI is InChI=1S/C12H10N2O.3ClH/c13-12(15)8-4-7-2-1-3-10-11(7)9(5-8)6-14-10;;;/h1-5,14H,6H2,(H2,13,15);3*1H. The van der Waals surface area contributed by atoms with Gasteiger partial charge in [0, 0.05) is 23.2 Å². The molecule has 0 spiro atoms. The van der Waals surface area contributed by atoms with Gasteiger partial charge in [0.2, 0.25) is 5.91 Å². The number of hydrogen-bond acceptors (Lipinski definition) is 2. The van der Waals surface area contributed by atoms with Crippen LogP contribution < -0.4 is 11.1 Å². The van der Waals surface area contributed by atoms with Crippen LogP contribution in [0.3, 0.4) is 0 Å². The summed E-state index contributed by atoms with van der Waals surface area (Å²) in [4.78, 5) is 11.1. The van der Waals surface area contributed by atoms with Gasteiger partial charge in [-0.1, -0.05) is 12.1 Å². The highest BCUT2D eigenvalue weighted by molar-refractivity contribution is 6.04. The van der Waals surface area contributed by atoms with Crippen molar-refractivity contribution in [2.45, 2.75) is 6.54 Å². The third kappa shape index (κ3) is 2.48. The maximum absolute atomic E-state index is 11.1. The summed E-state index contributed by atoms with van der Waals surface area (Å²) in [5.41, 5.74) is 8.16. The molecule has 0 saturated heterocycles. The number of nitrogens with two attached hydrogens (primary N) is 1. The quantitative estimate of drug-likeness (QED) is 0.850. The highest BCUT2D eigenvalue weighted by Gasteiger charge is 2.15. The van der Waals surface area contributed by atoms with Crippen molar-refractivity contribution in [3.8, 4) is 0 Å². The van der Waals surface area contributed by atoms with Gasteiger partial charge in [0.1, 0.15) is 0 Å². The minimum absolute atomic E-state index is 0. The van der Waals surface area contributed by atoms with Gasteiger partial charge in [0.05, 0.1) is 0 Å². The molecule has 6 heteroatoms. The van der Waals surface area contributed by atoms with Crippen LogP contribution in [0.1, 0.15) is 15.9 Å². The maximum atomic E-state index is 11.1. The van der Waals surface area contributed by atoms with Crippen molar-refractivity contribution in [3.05, 3.63) is 41.5 Å². The Morgan fingerprint density at radius 2 is 1.89 bits per heavy atom. The van der Waals surface area contributed by atoms with Crippen LogP contribution in [0.2, 0.25) is 0 Å². The van der Waals surface area contributed by atoms with Crippen molar-refractivity contribution in [1.29, 1.82) is 0 Å². The number of benzene rings is 2. The Balaban J connectivity index is 0.000000963. The van der Waals surface area contributed by atoms with Crippen LogP contribution in [0.4, 0.5) is 5.69 Å². The molecule has 0 aromatic heterocycles. The zero-order chi connectivity index (χ0) is 10.4. The molecule has 0 fully saturated rings. The van der Waals surface area contributed by atoms with Gasteiger partial charge >= 0.3 is 0 Å². The Hall–Kier alpha value is -1.16. The lowest BCUT2D eigenvalue weighted by molar-refractivity contribution is 0.100. The fraction of sp³-hybridized carbons (Fsp3) is 0.0833. The molecule has 98 valence electrons. The van der Waals surface area contributed by atoms with Crippen molar-refractivity contribution in [2.24, 2.45) is 5.73 Å². The summed E-state index contributed by atoms with van der Waals surface area (Å²) in [5.74, 6) is -0.370. The molecule has 1 aliphatic rings. The molecule has 0 saturated carbocycles. The molecule has 0 atom stereocenters. The molecule has 2 aromatic carbocycles. The largest absolute Gasteiger partial charge is 0.380 e. The van der Waals surface area contributed by atoms with E-state index in [0.29, 0.717) is 5.56 Å². The molecule has 3 nitrogen and oxygen atoms in total. The summed E-state index contributed by atoms with van der Waals surface area (Å²) in [6.07, 6.45) is 0. The van der Waals surface area contributed by atoms with Crippen LogP contribution in [-0.4, -0.2) is 5.91 Å². The topological polar surface area (TPSA) is 55.1 Å². The first-order valence-corrected chi connectivity index (χ1v) is 4.85. The van der Waals surface area contributed by atoms with E-state index in [9.17, 15) is 4.79 Å². The summed E-state index contributed by atoms with van der Waals surface area (Å²) >= 11 is 0. The third-order valence-corrected chi connectivity index (χ3v) is 2.81. The summed E-state index contributed by atoms with van der Waals surface area (Å²) in [6.45, 7) is 0.775. The number of halogens is 3. The second-order valence-electron chi connectivity index (χ2n) is 3.76. The number of amides is 1. The second-order valence-corrected chi connectivity index (χ2v) is 3.76. The van der Waals surface area contributed by atoms with Gasteiger partial charge in [0.25, 0.3) is 0 Å². The average Bonchev–Trinajstić information content (AvgIpc) is 2.64. The van der Waals surface area contributed by atoms with E-state index >= 15 is 0 Å². The van der Waals surface area contributed by atoms with Gasteiger partial charge in [-0.3, -0.25) is 4.79 Å². The molecule has 2 aromatic rings. The Bertz CT molecular complexity index is 587. The summed E-state index contributed by atoms with van der Waals surface area (Å²) in [5, 5.41) is 5.57. The van der Waals surface area contributed by atoms with Crippen molar-refractivity contribution in [1.82, 2.24) is 0 Å². The number of carbonyl (C=O) groups excluding carboxylic acids is 1. The SMILES string of the molecule is Cl.Cl.Cl.NC(=O)c1cc2c3c(cccc3c1)NC2. The van der Waals surface area contributed by atoms with Crippen LogP contribution in [0, 0.1) is 0 Å². The Kier molecular flexibility index (Phi) is 5.74. The van der Waals surface area contributed by atoms with Crippen LogP contribution in [-0.2, 0) is 6.54 Å². The predicted octanol–water partition coefficient (Wildman–Crippen LogP) is 3.13. The van der Waals surface area contributed by atoms with E-state index in [1.54, 1.807) is 0 Å². The zero-order valence-electron chi connectivity index (χ0n) is 9.30. The molecular weight excluding hydrogens is 295 g/mol. The smallest absolute Gasteiger partial charge is 0.248 e. The third-order valence-electron chi connectivity index (χ3n) is 2.81. The molecule has 0 bridgehead atoms. The van der Waals surface area contributed by atoms with Gasteiger partial charge in [-0.05, 0) is 29.1 Å². The van der Waals surface area contributed by atoms with E-state index < -0.39 is 0 Å². The van der Waals surface area contributed by atoms with E-state index in [-0.39, 0.29) is 43.1 Å². The predicted molar refractivity (Wildman–Crippen MR) is 81.5 cm³/mol. The number of anilines is 1. The van der Waals surface area contributed by atoms with Gasteiger partial charge < -0.3 is 11.1 Å². The van der Waals surface area contributed by atoms with Crippen LogP contribution in [0.15, 0.2) is 30.3 Å². The van der Waals surface area contributed by atoms with Crippen LogP contribution in [0.25, 0.3) is 10.8 Å². The Morgan fingerprint density at radius 3 is 2.56 bits per heavy atom. The number of nitrogens with one attached hydrogen (secondary N) is 1. The van der Waals surface area contributed by atoms with E-state index in [4.69, 9.17) is 5.73 Å². The molecule has 0 unspecified atom stereocenters. The van der Waals surface area contributed by atoms with Crippen molar-refractivity contribution in [3.63, 3.8) is 0 Å². The van der Waals surface area contributed by atoms with Crippen molar-refractivity contribution in [2.75, 3.05) is 5.32 Å². The van der Waals surface area contributed by atoms with Gasteiger partial charge in [-0.15, -0.1) is 37.2 Å². The van der Waals surface area contributed by atoms with E-state index in [1.165, 1.54) is 5.39 Å². The molecule has 1 amide bonds. The van der Waals surface area contributed by atoms with Crippen molar-refractivity contribution >= 4 is 59.6 Å². The minimum atomic E-state index is -0.370. The molecule has 0 aliphatic carbocycles. The fourth-order valence-corrected chi connectivity index (χ4v) is 2.14. The molecule has 1 aliphatic heterocycles. The first-order valence-electron chi connectivity index (χ1n) is 4.85. The highest BCUT2D eigenvalue weighted by Crippen LogP contribution is 2.33. The fourth-order valence-electron chi connectivity index (χ4n) is 2.14. The van der Waals surface area contributed by atoms with Crippen molar-refractivity contribution < 1.29 is 4.79 Å². The Labute approximate surface area is 123 Å². The summed E-state index contributed by atoms with van der Waals surface area (Å²) < 4.78 is 0. The lowest BCUT2D eigenvalue weighted by atomic mass is 10.0. The molecule has 18 heavy (non-hydrogen) atoms. The van der Waals surface area contributed by atoms with Crippen LogP contribution in [0.5, 0.6) is 0 Å². The molecule has 0 radical (unpaired) electrons. The molecule has 3 N–H and O–H groups in total. The molecule has 1 heterocycles. The number of primary amides is 1. The molecule has 3 rings (SSSR count). The first-order chi connectivity index (χ1) is 7.25. The minimum Gasteiger partial charge on any atom is -0.380 e. The summed E-state index contributed by atoms with van der Waals surface area (Å²) in [7, 11) is 0. The first kappa shape index (κ1) is 16.8. The maximum Gasteiger partial charge on any atom is 0.248 e.